The van der Waals surface area contributed by atoms with Crippen LogP contribution in [-0.4, -0.2) is 23.6 Å². The van der Waals surface area contributed by atoms with E-state index < -0.39 is 0 Å². The van der Waals surface area contributed by atoms with Crippen LogP contribution in [0.25, 0.3) is 0 Å². The number of rotatable bonds is 10. The monoisotopic (exact) mass is 356 g/mol. The highest BCUT2D eigenvalue weighted by molar-refractivity contribution is 5.51. The van der Waals surface area contributed by atoms with Gasteiger partial charge in [0.1, 0.15) is 6.61 Å². The van der Waals surface area contributed by atoms with Crippen molar-refractivity contribution in [2.45, 2.75) is 39.2 Å². The Hall–Kier alpha value is -2.76. The third-order valence-corrected chi connectivity index (χ3v) is 4.19. The van der Waals surface area contributed by atoms with Crippen LogP contribution in [0.5, 0.6) is 5.75 Å². The second-order valence-electron chi connectivity index (χ2n) is 6.15. The zero-order valence-corrected chi connectivity index (χ0v) is 15.8. The van der Waals surface area contributed by atoms with E-state index in [0.29, 0.717) is 18.2 Å². The number of anilines is 2. The molecule has 1 aromatic carbocycles. The molecule has 2 aromatic rings. The maximum Gasteiger partial charge on any atom is 0.222 e. The Balaban J connectivity index is 2.08. The third kappa shape index (κ3) is 5.37. The van der Waals surface area contributed by atoms with E-state index >= 15 is 0 Å². The molecule has 0 bridgehead atoms. The summed E-state index contributed by atoms with van der Waals surface area (Å²) in [5.41, 5.74) is 7.88. The molecule has 6 heteroatoms. The van der Waals surface area contributed by atoms with E-state index in [2.05, 4.69) is 47.8 Å². The molecule has 0 aliphatic heterocycles. The standard InChI is InChI=1S/C20H28N4O2/c1-5-6-10-22-19-18(12-23-20(21)24-19)26-13-16-8-7-9-17(11-16)14(2)15(3)25-4/h7-9,11-12,14H,3,5-6,10,13H2,1-2,4H3,(H3,21,22,23,24). The Labute approximate surface area is 155 Å². The summed E-state index contributed by atoms with van der Waals surface area (Å²) >= 11 is 0. The summed E-state index contributed by atoms with van der Waals surface area (Å²) in [4.78, 5) is 8.27. The van der Waals surface area contributed by atoms with Crippen molar-refractivity contribution in [1.29, 1.82) is 0 Å². The van der Waals surface area contributed by atoms with Crippen LogP contribution in [0.3, 0.4) is 0 Å². The van der Waals surface area contributed by atoms with Crippen LogP contribution in [-0.2, 0) is 11.3 Å². The number of hydrogen-bond acceptors (Lipinski definition) is 6. The molecule has 0 amide bonds. The first kappa shape index (κ1) is 19.6. The molecule has 1 atom stereocenters. The molecule has 26 heavy (non-hydrogen) atoms. The number of ether oxygens (including phenoxy) is 2. The molecule has 1 aromatic heterocycles. The van der Waals surface area contributed by atoms with E-state index in [4.69, 9.17) is 15.2 Å². The molecule has 0 saturated heterocycles. The van der Waals surface area contributed by atoms with Gasteiger partial charge in [-0.15, -0.1) is 0 Å². The van der Waals surface area contributed by atoms with Gasteiger partial charge in [-0.1, -0.05) is 51.1 Å². The highest BCUT2D eigenvalue weighted by atomic mass is 16.5. The summed E-state index contributed by atoms with van der Waals surface area (Å²) in [6.45, 7) is 9.37. The molecule has 0 aliphatic carbocycles. The van der Waals surface area contributed by atoms with Crippen molar-refractivity contribution < 1.29 is 9.47 Å². The van der Waals surface area contributed by atoms with Crippen LogP contribution in [0, 0.1) is 0 Å². The van der Waals surface area contributed by atoms with E-state index in [1.54, 1.807) is 13.3 Å². The zero-order valence-electron chi connectivity index (χ0n) is 15.8. The lowest BCUT2D eigenvalue weighted by Crippen LogP contribution is -2.09. The maximum absolute atomic E-state index is 5.93. The summed E-state index contributed by atoms with van der Waals surface area (Å²) < 4.78 is 11.2. The summed E-state index contributed by atoms with van der Waals surface area (Å²) in [7, 11) is 1.64. The lowest BCUT2D eigenvalue weighted by atomic mass is 9.98. The highest BCUT2D eigenvalue weighted by Crippen LogP contribution is 2.26. The Morgan fingerprint density at radius 2 is 2.19 bits per heavy atom. The second-order valence-corrected chi connectivity index (χ2v) is 6.15. The van der Waals surface area contributed by atoms with Gasteiger partial charge in [0.2, 0.25) is 5.95 Å². The number of allylic oxidation sites excluding steroid dienone is 1. The molecule has 1 heterocycles. The van der Waals surface area contributed by atoms with Crippen LogP contribution in [0.15, 0.2) is 42.8 Å². The lowest BCUT2D eigenvalue weighted by Gasteiger charge is -2.16. The largest absolute Gasteiger partial charge is 0.501 e. The first-order valence-corrected chi connectivity index (χ1v) is 8.86. The summed E-state index contributed by atoms with van der Waals surface area (Å²) in [5, 5.41) is 3.26. The van der Waals surface area contributed by atoms with Gasteiger partial charge in [0.15, 0.2) is 11.6 Å². The molecular formula is C20H28N4O2. The van der Waals surface area contributed by atoms with Gasteiger partial charge in [0.05, 0.1) is 19.1 Å². The van der Waals surface area contributed by atoms with Crippen molar-refractivity contribution in [2.24, 2.45) is 0 Å². The Kier molecular flexibility index (Phi) is 7.26. The number of aromatic nitrogens is 2. The quantitative estimate of drug-likeness (QED) is 0.492. The third-order valence-electron chi connectivity index (χ3n) is 4.19. The minimum atomic E-state index is 0.117. The average Bonchev–Trinajstić information content (AvgIpc) is 2.66. The van der Waals surface area contributed by atoms with Gasteiger partial charge in [-0.05, 0) is 17.5 Å². The minimum Gasteiger partial charge on any atom is -0.501 e. The van der Waals surface area contributed by atoms with Gasteiger partial charge in [0.25, 0.3) is 0 Å². The van der Waals surface area contributed by atoms with Crippen molar-refractivity contribution in [2.75, 3.05) is 24.7 Å². The van der Waals surface area contributed by atoms with E-state index in [0.717, 1.165) is 36.3 Å². The van der Waals surface area contributed by atoms with Crippen LogP contribution >= 0.6 is 0 Å². The number of methoxy groups -OCH3 is 1. The lowest BCUT2D eigenvalue weighted by molar-refractivity contribution is 0.270. The van der Waals surface area contributed by atoms with Gasteiger partial charge in [0, 0.05) is 12.5 Å². The normalized spacial score (nSPS) is 11.7. The molecule has 2 rings (SSSR count). The topological polar surface area (TPSA) is 82.3 Å². The molecule has 140 valence electrons. The van der Waals surface area contributed by atoms with Crippen molar-refractivity contribution in [3.05, 3.63) is 53.9 Å². The van der Waals surface area contributed by atoms with Gasteiger partial charge < -0.3 is 20.5 Å². The van der Waals surface area contributed by atoms with Crippen molar-refractivity contribution in [1.82, 2.24) is 9.97 Å². The number of hydrogen-bond donors (Lipinski definition) is 2. The number of nitrogens with zero attached hydrogens (tertiary/aromatic N) is 2. The predicted molar refractivity (Wildman–Crippen MR) is 105 cm³/mol. The van der Waals surface area contributed by atoms with Gasteiger partial charge in [-0.25, -0.2) is 4.98 Å². The van der Waals surface area contributed by atoms with Crippen LogP contribution in [0.1, 0.15) is 43.7 Å². The van der Waals surface area contributed by atoms with E-state index in [1.807, 2.05) is 12.1 Å². The SMILES string of the molecule is C=C(OC)C(C)c1cccc(COc2cnc(N)nc2NCCCC)c1. The van der Waals surface area contributed by atoms with Gasteiger partial charge in [-0.2, -0.15) is 4.98 Å². The van der Waals surface area contributed by atoms with E-state index in [-0.39, 0.29) is 11.9 Å². The molecule has 0 saturated carbocycles. The molecule has 0 aliphatic rings. The molecule has 6 nitrogen and oxygen atoms in total. The van der Waals surface area contributed by atoms with Crippen LogP contribution in [0.4, 0.5) is 11.8 Å². The molecular weight excluding hydrogens is 328 g/mol. The Morgan fingerprint density at radius 3 is 2.92 bits per heavy atom. The first-order valence-electron chi connectivity index (χ1n) is 8.86. The van der Waals surface area contributed by atoms with E-state index in [9.17, 15) is 0 Å². The molecule has 0 spiro atoms. The number of nitrogens with two attached hydrogens (primary N) is 1. The summed E-state index contributed by atoms with van der Waals surface area (Å²) in [5.74, 6) is 2.30. The minimum absolute atomic E-state index is 0.117. The van der Waals surface area contributed by atoms with Crippen LogP contribution in [0.2, 0.25) is 0 Å². The number of nitrogens with one attached hydrogen (secondary N) is 1. The van der Waals surface area contributed by atoms with Crippen molar-refractivity contribution >= 4 is 11.8 Å². The smallest absolute Gasteiger partial charge is 0.222 e. The maximum atomic E-state index is 5.93. The summed E-state index contributed by atoms with van der Waals surface area (Å²) in [6.07, 6.45) is 3.75. The van der Waals surface area contributed by atoms with Gasteiger partial charge in [-0.3, -0.25) is 0 Å². The van der Waals surface area contributed by atoms with Crippen LogP contribution < -0.4 is 15.8 Å². The number of benzene rings is 1. The molecule has 0 radical (unpaired) electrons. The first-order chi connectivity index (χ1) is 12.5. The Bertz CT molecular complexity index is 734. The van der Waals surface area contributed by atoms with Crippen molar-refractivity contribution in [3.8, 4) is 5.75 Å². The fourth-order valence-electron chi connectivity index (χ4n) is 2.48. The Morgan fingerprint density at radius 1 is 1.38 bits per heavy atom. The second kappa shape index (κ2) is 9.65. The van der Waals surface area contributed by atoms with Gasteiger partial charge >= 0.3 is 0 Å². The van der Waals surface area contributed by atoms with Crippen molar-refractivity contribution in [3.63, 3.8) is 0 Å². The highest BCUT2D eigenvalue weighted by Gasteiger charge is 2.11. The summed E-state index contributed by atoms with van der Waals surface area (Å²) in [6, 6.07) is 8.18. The number of nitrogen functional groups attached to an aromatic ring is 1. The zero-order chi connectivity index (χ0) is 18.9. The number of unbranched alkanes of at least 4 members (excludes halogenated alkanes) is 1. The average molecular weight is 356 g/mol. The molecule has 1 unspecified atom stereocenters. The van der Waals surface area contributed by atoms with E-state index in [1.165, 1.54) is 0 Å². The predicted octanol–water partition coefficient (Wildman–Crippen LogP) is 4.11. The fourth-order valence-corrected chi connectivity index (χ4v) is 2.48. The molecule has 3 N–H and O–H groups in total. The molecule has 0 fully saturated rings. The fraction of sp³-hybridized carbons (Fsp3) is 0.400.